The molecule has 2 nitrogen and oxygen atoms in total. The average molecular weight is 346 g/mol. The lowest BCUT2D eigenvalue weighted by Gasteiger charge is -2.11. The maximum atomic E-state index is 11.1. The summed E-state index contributed by atoms with van der Waals surface area (Å²) in [6.07, 6.45) is 0. The number of hydrogen-bond acceptors (Lipinski definition) is 2. The van der Waals surface area contributed by atoms with Crippen molar-refractivity contribution in [1.29, 1.82) is 0 Å². The van der Waals surface area contributed by atoms with E-state index >= 15 is 0 Å². The van der Waals surface area contributed by atoms with Gasteiger partial charge in [0.15, 0.2) is 0 Å². The lowest BCUT2D eigenvalue weighted by atomic mass is 10.00. The molecule has 0 aliphatic rings. The van der Waals surface area contributed by atoms with Crippen LogP contribution in [0, 0.1) is 3.57 Å². The number of halogens is 2. The predicted molar refractivity (Wildman–Crippen MR) is 74.5 cm³/mol. The zero-order valence-electron chi connectivity index (χ0n) is 8.28. The minimum absolute atomic E-state index is 0.535. The van der Waals surface area contributed by atoms with Crippen LogP contribution < -0.4 is 5.73 Å². The van der Waals surface area contributed by atoms with Gasteiger partial charge in [-0.2, -0.15) is 0 Å². The molecular weight excluding hydrogens is 336 g/mol. The van der Waals surface area contributed by atoms with Crippen LogP contribution >= 0.6 is 34.2 Å². The van der Waals surface area contributed by atoms with Crippen LogP contribution in [0.4, 0.5) is 0 Å². The predicted octanol–water partition coefficient (Wildman–Crippen LogP) is 3.21. The largest absolute Gasteiger partial charge is 0.317 e. The summed E-state index contributed by atoms with van der Waals surface area (Å²) in [5, 5.41) is 1.54. The van der Waals surface area contributed by atoms with E-state index in [0.29, 0.717) is 0 Å². The topological polar surface area (TPSA) is 43.1 Å². The summed E-state index contributed by atoms with van der Waals surface area (Å²) in [5.41, 5.74) is 6.57. The molecule has 2 N–H and O–H groups in total. The minimum atomic E-state index is -0.763. The van der Waals surface area contributed by atoms with Crippen LogP contribution in [-0.2, 0) is 4.79 Å². The number of carbonyl (C=O) groups excluding carboxylic acids is 1. The number of benzene rings is 2. The summed E-state index contributed by atoms with van der Waals surface area (Å²) in [6.45, 7) is 0. The number of hydrogen-bond donors (Lipinski definition) is 1. The molecule has 0 bridgehead atoms. The van der Waals surface area contributed by atoms with Crippen molar-refractivity contribution in [1.82, 2.24) is 0 Å². The molecule has 4 heteroatoms. The Labute approximate surface area is 112 Å². The van der Waals surface area contributed by atoms with Gasteiger partial charge < -0.3 is 5.73 Å². The van der Waals surface area contributed by atoms with E-state index in [1.807, 2.05) is 36.4 Å². The average Bonchev–Trinajstić information content (AvgIpc) is 2.27. The number of nitrogens with two attached hydrogens (primary N) is 1. The fraction of sp³-hybridized carbons (Fsp3) is 0.0833. The first-order chi connectivity index (χ1) is 7.61. The fourth-order valence-corrected chi connectivity index (χ4v) is 2.65. The van der Waals surface area contributed by atoms with Gasteiger partial charge in [0.1, 0.15) is 6.04 Å². The fourth-order valence-electron chi connectivity index (χ4n) is 1.70. The molecule has 0 aromatic heterocycles. The molecular formula is C12H9ClINO. The molecule has 1 atom stereocenters. The monoisotopic (exact) mass is 345 g/mol. The Morgan fingerprint density at radius 3 is 2.50 bits per heavy atom. The zero-order chi connectivity index (χ0) is 11.7. The van der Waals surface area contributed by atoms with Crippen LogP contribution in [0.25, 0.3) is 10.8 Å². The van der Waals surface area contributed by atoms with E-state index in [1.165, 1.54) is 0 Å². The molecule has 0 aliphatic heterocycles. The number of rotatable bonds is 2. The van der Waals surface area contributed by atoms with Crippen LogP contribution in [-0.4, -0.2) is 5.24 Å². The van der Waals surface area contributed by atoms with E-state index in [0.717, 1.165) is 19.9 Å². The number of fused-ring (bicyclic) bond motifs is 1. The van der Waals surface area contributed by atoms with Gasteiger partial charge in [-0.05, 0) is 51.2 Å². The van der Waals surface area contributed by atoms with Crippen molar-refractivity contribution >= 4 is 50.2 Å². The highest BCUT2D eigenvalue weighted by Crippen LogP contribution is 2.28. The third-order valence-electron chi connectivity index (χ3n) is 2.47. The molecule has 0 radical (unpaired) electrons. The van der Waals surface area contributed by atoms with Gasteiger partial charge in [-0.15, -0.1) is 0 Å². The molecule has 0 heterocycles. The molecule has 2 aromatic carbocycles. The van der Waals surface area contributed by atoms with Crippen LogP contribution in [0.1, 0.15) is 11.6 Å². The molecule has 2 aromatic rings. The molecule has 0 amide bonds. The third kappa shape index (κ3) is 2.07. The molecule has 0 aliphatic carbocycles. The van der Waals surface area contributed by atoms with Crippen LogP contribution in [0.15, 0.2) is 36.4 Å². The summed E-state index contributed by atoms with van der Waals surface area (Å²) < 4.78 is 1.07. The Morgan fingerprint density at radius 2 is 1.88 bits per heavy atom. The molecule has 0 saturated heterocycles. The van der Waals surface area contributed by atoms with Crippen LogP contribution in [0.3, 0.4) is 0 Å². The van der Waals surface area contributed by atoms with Crippen molar-refractivity contribution in [2.45, 2.75) is 6.04 Å². The Morgan fingerprint density at radius 1 is 1.25 bits per heavy atom. The second kappa shape index (κ2) is 4.69. The van der Waals surface area contributed by atoms with Gasteiger partial charge in [-0.3, -0.25) is 4.79 Å². The van der Waals surface area contributed by atoms with Gasteiger partial charge >= 0.3 is 0 Å². The van der Waals surface area contributed by atoms with Gasteiger partial charge in [0.2, 0.25) is 5.24 Å². The second-order valence-corrected chi connectivity index (χ2v) is 5.00. The zero-order valence-corrected chi connectivity index (χ0v) is 11.2. The van der Waals surface area contributed by atoms with Gasteiger partial charge in [-0.1, -0.05) is 30.3 Å². The Balaban J connectivity index is 2.75. The highest BCUT2D eigenvalue weighted by Gasteiger charge is 2.16. The summed E-state index contributed by atoms with van der Waals surface area (Å²) >= 11 is 7.68. The van der Waals surface area contributed by atoms with E-state index in [4.69, 9.17) is 17.3 Å². The van der Waals surface area contributed by atoms with Gasteiger partial charge in [0.05, 0.1) is 0 Å². The van der Waals surface area contributed by atoms with Crippen molar-refractivity contribution in [3.8, 4) is 0 Å². The Bertz CT molecular complexity index is 550. The maximum absolute atomic E-state index is 11.1. The van der Waals surface area contributed by atoms with Crippen molar-refractivity contribution in [3.05, 3.63) is 45.5 Å². The van der Waals surface area contributed by atoms with Crippen molar-refractivity contribution in [3.63, 3.8) is 0 Å². The Kier molecular flexibility index (Phi) is 3.47. The van der Waals surface area contributed by atoms with E-state index in [1.54, 1.807) is 0 Å². The van der Waals surface area contributed by atoms with Crippen LogP contribution in [0.5, 0.6) is 0 Å². The normalized spacial score (nSPS) is 12.7. The van der Waals surface area contributed by atoms with Crippen LogP contribution in [0.2, 0.25) is 0 Å². The maximum Gasteiger partial charge on any atom is 0.242 e. The molecule has 0 saturated carbocycles. The SMILES string of the molecule is NC(C(=O)Cl)c1cccc2cccc(I)c12. The highest BCUT2D eigenvalue weighted by atomic mass is 127. The van der Waals surface area contributed by atoms with Crippen molar-refractivity contribution in [2.24, 2.45) is 5.73 Å². The molecule has 2 rings (SSSR count). The van der Waals surface area contributed by atoms with E-state index in [2.05, 4.69) is 22.6 Å². The lowest BCUT2D eigenvalue weighted by Crippen LogP contribution is -2.17. The Hall–Kier alpha value is -0.650. The van der Waals surface area contributed by atoms with E-state index in [-0.39, 0.29) is 0 Å². The van der Waals surface area contributed by atoms with E-state index in [9.17, 15) is 4.79 Å². The number of carbonyl (C=O) groups is 1. The molecule has 82 valence electrons. The van der Waals surface area contributed by atoms with Gasteiger partial charge in [-0.25, -0.2) is 0 Å². The smallest absolute Gasteiger partial charge is 0.242 e. The first-order valence-corrected chi connectivity index (χ1v) is 6.19. The van der Waals surface area contributed by atoms with Gasteiger partial charge in [0.25, 0.3) is 0 Å². The summed E-state index contributed by atoms with van der Waals surface area (Å²) in [7, 11) is 0. The lowest BCUT2D eigenvalue weighted by molar-refractivity contribution is -0.112. The quantitative estimate of drug-likeness (QED) is 0.671. The minimum Gasteiger partial charge on any atom is -0.317 e. The first-order valence-electron chi connectivity index (χ1n) is 4.73. The second-order valence-electron chi connectivity index (χ2n) is 3.47. The van der Waals surface area contributed by atoms with Crippen molar-refractivity contribution < 1.29 is 4.79 Å². The summed E-state index contributed by atoms with van der Waals surface area (Å²) in [4.78, 5) is 11.1. The third-order valence-corrected chi connectivity index (χ3v) is 3.60. The summed E-state index contributed by atoms with van der Waals surface area (Å²) in [5.74, 6) is 0. The van der Waals surface area contributed by atoms with Crippen molar-refractivity contribution in [2.75, 3.05) is 0 Å². The highest BCUT2D eigenvalue weighted by molar-refractivity contribution is 14.1. The van der Waals surface area contributed by atoms with E-state index < -0.39 is 11.3 Å². The van der Waals surface area contributed by atoms with Gasteiger partial charge in [0, 0.05) is 8.96 Å². The standard InChI is InChI=1S/C12H9ClINO/c13-12(16)11(15)8-5-1-3-7-4-2-6-9(14)10(7)8/h1-6,11H,15H2. The molecule has 0 spiro atoms. The molecule has 0 fully saturated rings. The molecule has 1 unspecified atom stereocenters. The summed E-state index contributed by atoms with van der Waals surface area (Å²) in [6, 6.07) is 10.9. The first kappa shape index (κ1) is 11.8. The molecule has 16 heavy (non-hydrogen) atoms.